The third-order valence-electron chi connectivity index (χ3n) is 3.36. The van der Waals surface area contributed by atoms with Gasteiger partial charge in [0.25, 0.3) is 0 Å². The van der Waals surface area contributed by atoms with Crippen LogP contribution in [0.15, 0.2) is 45.6 Å². The van der Waals surface area contributed by atoms with Crippen LogP contribution in [0.2, 0.25) is 0 Å². The van der Waals surface area contributed by atoms with Crippen molar-refractivity contribution in [3.63, 3.8) is 0 Å². The monoisotopic (exact) mass is 542 g/mol. The second-order valence-corrected chi connectivity index (χ2v) is 8.68. The highest BCUT2D eigenvalue weighted by Gasteiger charge is 2.11. The standard InChI is InChI=1S/C17H23FN4O3S2.HI/c1-3-20-17(22-11-15-8-9-16(26-15)27(19,23)24)21-10-12(2)25-14-6-4-13(18)5-7-14;/h4-9,12H,3,10-11H2,1-2H3,(H2,19,23,24)(H2,20,21,22);1H. The van der Waals surface area contributed by atoms with Gasteiger partial charge in [0.15, 0.2) is 5.96 Å². The fourth-order valence-corrected chi connectivity index (χ4v) is 3.83. The van der Waals surface area contributed by atoms with Gasteiger partial charge in [-0.05, 0) is 50.2 Å². The maximum absolute atomic E-state index is 12.9. The van der Waals surface area contributed by atoms with E-state index in [-0.39, 0.29) is 40.1 Å². The highest BCUT2D eigenvalue weighted by Crippen LogP contribution is 2.20. The number of rotatable bonds is 8. The lowest BCUT2D eigenvalue weighted by molar-refractivity contribution is 0.223. The number of halogens is 2. The number of thiophene rings is 1. The van der Waals surface area contributed by atoms with Crippen molar-refractivity contribution in [2.75, 3.05) is 13.1 Å². The maximum atomic E-state index is 12.9. The molecule has 11 heteroatoms. The summed E-state index contributed by atoms with van der Waals surface area (Å²) >= 11 is 1.10. The molecule has 0 fully saturated rings. The van der Waals surface area contributed by atoms with Crippen LogP contribution in [-0.4, -0.2) is 33.6 Å². The van der Waals surface area contributed by atoms with Crippen molar-refractivity contribution < 1.29 is 17.5 Å². The molecular formula is C17H24FIN4O3S2. The number of benzene rings is 1. The Morgan fingerprint density at radius 2 is 1.93 bits per heavy atom. The summed E-state index contributed by atoms with van der Waals surface area (Å²) in [6, 6.07) is 9.01. The molecule has 0 aliphatic heterocycles. The second-order valence-electron chi connectivity index (χ2n) is 5.72. The first-order valence-corrected chi connectivity index (χ1v) is 10.7. The van der Waals surface area contributed by atoms with Gasteiger partial charge in [-0.1, -0.05) is 0 Å². The molecule has 7 nitrogen and oxygen atoms in total. The van der Waals surface area contributed by atoms with E-state index < -0.39 is 10.0 Å². The van der Waals surface area contributed by atoms with Gasteiger partial charge in [-0.3, -0.25) is 0 Å². The van der Waals surface area contributed by atoms with E-state index in [0.29, 0.717) is 31.3 Å². The summed E-state index contributed by atoms with van der Waals surface area (Å²) in [6.45, 7) is 5.31. The van der Waals surface area contributed by atoms with E-state index in [2.05, 4.69) is 15.6 Å². The minimum atomic E-state index is -3.69. The van der Waals surface area contributed by atoms with Crippen LogP contribution >= 0.6 is 35.3 Å². The first kappa shape index (κ1) is 24.6. The first-order valence-electron chi connectivity index (χ1n) is 8.34. The van der Waals surface area contributed by atoms with Gasteiger partial charge in [0, 0.05) is 11.4 Å². The summed E-state index contributed by atoms with van der Waals surface area (Å²) in [5, 5.41) is 11.4. The Bertz CT molecular complexity index is 873. The van der Waals surface area contributed by atoms with Gasteiger partial charge in [-0.15, -0.1) is 35.3 Å². The van der Waals surface area contributed by atoms with Crippen molar-refractivity contribution >= 4 is 51.3 Å². The van der Waals surface area contributed by atoms with E-state index in [0.717, 1.165) is 16.2 Å². The minimum absolute atomic E-state index is 0. The van der Waals surface area contributed by atoms with Gasteiger partial charge in [-0.25, -0.2) is 22.9 Å². The molecule has 0 aliphatic carbocycles. The number of nitrogens with two attached hydrogens (primary N) is 1. The quantitative estimate of drug-likeness (QED) is 0.270. The predicted molar refractivity (Wildman–Crippen MR) is 120 cm³/mol. The molecular weight excluding hydrogens is 518 g/mol. The van der Waals surface area contributed by atoms with Crippen molar-refractivity contribution in [1.82, 2.24) is 10.6 Å². The van der Waals surface area contributed by atoms with Gasteiger partial charge in [-0.2, -0.15) is 0 Å². The Hall–Kier alpha value is -1.44. The lowest BCUT2D eigenvalue weighted by atomic mass is 10.3. The van der Waals surface area contributed by atoms with Gasteiger partial charge >= 0.3 is 0 Å². The van der Waals surface area contributed by atoms with Crippen molar-refractivity contribution in [3.8, 4) is 5.75 Å². The van der Waals surface area contributed by atoms with Crippen LogP contribution in [0.5, 0.6) is 5.75 Å². The third kappa shape index (κ3) is 8.29. The molecule has 0 saturated carbocycles. The molecule has 1 heterocycles. The lowest BCUT2D eigenvalue weighted by Crippen LogP contribution is -2.41. The number of nitrogens with one attached hydrogen (secondary N) is 2. The van der Waals surface area contributed by atoms with Crippen LogP contribution in [0, 0.1) is 5.82 Å². The van der Waals surface area contributed by atoms with Crippen molar-refractivity contribution in [1.29, 1.82) is 0 Å². The number of hydrogen-bond acceptors (Lipinski definition) is 5. The molecule has 2 aromatic rings. The van der Waals surface area contributed by atoms with Crippen molar-refractivity contribution in [2.45, 2.75) is 30.7 Å². The average Bonchev–Trinajstić information content (AvgIpc) is 3.09. The highest BCUT2D eigenvalue weighted by atomic mass is 127. The number of nitrogens with zero attached hydrogens (tertiary/aromatic N) is 1. The molecule has 0 radical (unpaired) electrons. The Kier molecular flexibility index (Phi) is 10.1. The van der Waals surface area contributed by atoms with Crippen LogP contribution < -0.4 is 20.5 Å². The summed E-state index contributed by atoms with van der Waals surface area (Å²) in [5.74, 6) is 0.855. The minimum Gasteiger partial charge on any atom is -0.489 e. The zero-order valence-electron chi connectivity index (χ0n) is 15.5. The van der Waals surface area contributed by atoms with Gasteiger partial charge < -0.3 is 15.4 Å². The van der Waals surface area contributed by atoms with E-state index in [1.807, 2.05) is 13.8 Å². The normalized spacial score (nSPS) is 12.8. The summed E-state index contributed by atoms with van der Waals surface area (Å²) in [6.07, 6.45) is -0.171. The number of ether oxygens (including phenoxy) is 1. The van der Waals surface area contributed by atoms with Gasteiger partial charge in [0.2, 0.25) is 10.0 Å². The largest absolute Gasteiger partial charge is 0.489 e. The van der Waals surface area contributed by atoms with Crippen LogP contribution in [0.3, 0.4) is 0 Å². The molecule has 28 heavy (non-hydrogen) atoms. The summed E-state index contributed by atoms with van der Waals surface area (Å²) < 4.78 is 41.4. The Labute approximate surface area is 185 Å². The van der Waals surface area contributed by atoms with Crippen LogP contribution in [0.1, 0.15) is 18.7 Å². The number of aliphatic imine (C=N–C) groups is 1. The van der Waals surface area contributed by atoms with Crippen molar-refractivity contribution in [3.05, 3.63) is 47.1 Å². The average molecular weight is 542 g/mol. The topological polar surface area (TPSA) is 106 Å². The Balaban J connectivity index is 0.00000392. The highest BCUT2D eigenvalue weighted by molar-refractivity contribution is 14.0. The molecule has 1 aromatic heterocycles. The van der Waals surface area contributed by atoms with E-state index in [1.54, 1.807) is 18.2 Å². The van der Waals surface area contributed by atoms with Gasteiger partial charge in [0.05, 0.1) is 13.1 Å². The summed E-state index contributed by atoms with van der Waals surface area (Å²) in [4.78, 5) is 5.22. The zero-order chi connectivity index (χ0) is 19.9. The number of sulfonamides is 1. The second kappa shape index (κ2) is 11.5. The lowest BCUT2D eigenvalue weighted by Gasteiger charge is -2.17. The molecule has 4 N–H and O–H groups in total. The molecule has 0 amide bonds. The summed E-state index contributed by atoms with van der Waals surface area (Å²) in [5.41, 5.74) is 0. The van der Waals surface area contributed by atoms with E-state index in [1.165, 1.54) is 18.2 Å². The molecule has 0 aliphatic rings. The fourth-order valence-electron chi connectivity index (χ4n) is 2.12. The molecule has 2 rings (SSSR count). The molecule has 0 spiro atoms. The van der Waals surface area contributed by atoms with Crippen molar-refractivity contribution in [2.24, 2.45) is 10.1 Å². The maximum Gasteiger partial charge on any atom is 0.247 e. The molecule has 1 unspecified atom stereocenters. The SMILES string of the molecule is CCNC(=NCc1ccc(S(N)(=O)=O)s1)NCC(C)Oc1ccc(F)cc1.I. The van der Waals surface area contributed by atoms with E-state index in [4.69, 9.17) is 9.88 Å². The number of guanidine groups is 1. The number of hydrogen-bond donors (Lipinski definition) is 3. The van der Waals surface area contributed by atoms with Gasteiger partial charge in [0.1, 0.15) is 21.9 Å². The van der Waals surface area contributed by atoms with E-state index in [9.17, 15) is 12.8 Å². The molecule has 0 saturated heterocycles. The molecule has 1 atom stereocenters. The van der Waals surface area contributed by atoms with Crippen LogP contribution in [0.25, 0.3) is 0 Å². The van der Waals surface area contributed by atoms with Crippen LogP contribution in [0.4, 0.5) is 4.39 Å². The summed E-state index contributed by atoms with van der Waals surface area (Å²) in [7, 11) is -3.69. The Morgan fingerprint density at radius 1 is 1.25 bits per heavy atom. The zero-order valence-corrected chi connectivity index (χ0v) is 19.5. The molecule has 1 aromatic carbocycles. The third-order valence-corrected chi connectivity index (χ3v) is 5.87. The smallest absolute Gasteiger partial charge is 0.247 e. The van der Waals surface area contributed by atoms with E-state index >= 15 is 0 Å². The molecule has 156 valence electrons. The first-order chi connectivity index (χ1) is 12.8. The Morgan fingerprint density at radius 3 is 2.50 bits per heavy atom. The van der Waals surface area contributed by atoms with Crippen LogP contribution in [-0.2, 0) is 16.6 Å². The molecule has 0 bridgehead atoms. The number of primary sulfonamides is 1. The predicted octanol–water partition coefficient (Wildman–Crippen LogP) is 2.68. The fraction of sp³-hybridized carbons (Fsp3) is 0.353.